The summed E-state index contributed by atoms with van der Waals surface area (Å²) in [6.45, 7) is 2.67. The number of hydrogen-bond donors (Lipinski definition) is 1. The Labute approximate surface area is 174 Å². The monoisotopic (exact) mass is 411 g/mol. The largest absolute Gasteiger partial charge is 0.331 e. The van der Waals surface area contributed by atoms with Gasteiger partial charge >= 0.3 is 6.03 Å². The minimum Gasteiger partial charge on any atom is -0.331 e. The lowest BCUT2D eigenvalue weighted by Gasteiger charge is -2.23. The van der Waals surface area contributed by atoms with Gasteiger partial charge < -0.3 is 10.2 Å². The lowest BCUT2D eigenvalue weighted by molar-refractivity contribution is -0.141. The number of likely N-dealkylation sites (tertiary alicyclic amines) is 2. The van der Waals surface area contributed by atoms with Gasteiger partial charge in [0, 0.05) is 18.1 Å². The lowest BCUT2D eigenvalue weighted by Crippen LogP contribution is -2.43. The molecule has 0 aliphatic carbocycles. The van der Waals surface area contributed by atoms with Gasteiger partial charge in [-0.05, 0) is 30.2 Å². The van der Waals surface area contributed by atoms with Gasteiger partial charge in [0.15, 0.2) is 0 Å². The first kappa shape index (κ1) is 19.5. The Bertz CT molecular complexity index is 925. The molecule has 29 heavy (non-hydrogen) atoms. The zero-order chi connectivity index (χ0) is 20.5. The summed E-state index contributed by atoms with van der Waals surface area (Å²) in [4.78, 5) is 41.1. The molecule has 7 heteroatoms. The maximum absolute atomic E-state index is 12.8. The second kappa shape index (κ2) is 7.87. The lowest BCUT2D eigenvalue weighted by atomic mass is 10.00. The summed E-state index contributed by atoms with van der Waals surface area (Å²) in [6, 6.07) is 16.2. The van der Waals surface area contributed by atoms with E-state index in [9.17, 15) is 14.4 Å². The Balaban J connectivity index is 1.39. The SMILES string of the molecule is CC(NC(=O)N1C[C@@H]2C(=O)N(Cc3ccccc3)C(=O)[C@@H]2C1)c1cccc(Cl)c1. The number of fused-ring (bicyclic) bond motifs is 1. The van der Waals surface area contributed by atoms with Crippen molar-refractivity contribution < 1.29 is 14.4 Å². The van der Waals surface area contributed by atoms with Gasteiger partial charge in [0.05, 0.1) is 24.4 Å². The predicted octanol–water partition coefficient (Wildman–Crippen LogP) is 3.23. The van der Waals surface area contributed by atoms with Crippen molar-refractivity contribution in [3.05, 3.63) is 70.7 Å². The summed E-state index contributed by atoms with van der Waals surface area (Å²) < 4.78 is 0. The van der Waals surface area contributed by atoms with Crippen LogP contribution in [0.3, 0.4) is 0 Å². The Morgan fingerprint density at radius 3 is 2.34 bits per heavy atom. The van der Waals surface area contributed by atoms with Crippen molar-refractivity contribution in [2.45, 2.75) is 19.5 Å². The van der Waals surface area contributed by atoms with Gasteiger partial charge in [0.2, 0.25) is 11.8 Å². The molecule has 2 aromatic carbocycles. The fraction of sp³-hybridized carbons (Fsp3) is 0.318. The highest BCUT2D eigenvalue weighted by molar-refractivity contribution is 6.30. The summed E-state index contributed by atoms with van der Waals surface area (Å²) in [7, 11) is 0. The van der Waals surface area contributed by atoms with E-state index < -0.39 is 11.8 Å². The van der Waals surface area contributed by atoms with Crippen molar-refractivity contribution in [1.29, 1.82) is 0 Å². The molecule has 0 radical (unpaired) electrons. The second-order valence-electron chi connectivity index (χ2n) is 7.59. The van der Waals surface area contributed by atoms with Crippen LogP contribution in [0.1, 0.15) is 24.1 Å². The van der Waals surface area contributed by atoms with E-state index >= 15 is 0 Å². The summed E-state index contributed by atoms with van der Waals surface area (Å²) >= 11 is 6.02. The molecular weight excluding hydrogens is 390 g/mol. The molecule has 3 atom stereocenters. The van der Waals surface area contributed by atoms with Crippen molar-refractivity contribution >= 4 is 29.4 Å². The van der Waals surface area contributed by atoms with Crippen molar-refractivity contribution in [3.63, 3.8) is 0 Å². The molecule has 6 nitrogen and oxygen atoms in total. The topological polar surface area (TPSA) is 69.7 Å². The molecule has 4 amide bonds. The number of halogens is 1. The van der Waals surface area contributed by atoms with Gasteiger partial charge in [-0.3, -0.25) is 14.5 Å². The number of rotatable bonds is 4. The molecule has 0 aromatic heterocycles. The van der Waals surface area contributed by atoms with E-state index in [0.29, 0.717) is 5.02 Å². The van der Waals surface area contributed by atoms with Crippen LogP contribution in [0.5, 0.6) is 0 Å². The third kappa shape index (κ3) is 3.85. The van der Waals surface area contributed by atoms with Gasteiger partial charge in [0.25, 0.3) is 0 Å². The molecule has 2 aliphatic rings. The van der Waals surface area contributed by atoms with Crippen LogP contribution in [0.4, 0.5) is 4.79 Å². The second-order valence-corrected chi connectivity index (χ2v) is 8.03. The molecule has 1 unspecified atom stereocenters. The van der Waals surface area contributed by atoms with E-state index in [1.54, 1.807) is 17.0 Å². The number of carbonyl (C=O) groups excluding carboxylic acids is 3. The molecule has 2 fully saturated rings. The standard InChI is InChI=1S/C22H22ClN3O3/c1-14(16-8-5-9-17(23)10-16)24-22(29)25-12-18-19(13-25)21(28)26(20(18)27)11-15-6-3-2-4-7-15/h2-10,14,18-19H,11-13H2,1H3,(H,24,29)/t14?,18-,19+. The molecule has 0 saturated carbocycles. The number of nitrogens with one attached hydrogen (secondary N) is 1. The van der Waals surface area contributed by atoms with Gasteiger partial charge in [-0.1, -0.05) is 54.1 Å². The zero-order valence-corrected chi connectivity index (χ0v) is 16.8. The van der Waals surface area contributed by atoms with E-state index in [1.165, 1.54) is 4.90 Å². The van der Waals surface area contributed by atoms with Crippen molar-refractivity contribution in [1.82, 2.24) is 15.1 Å². The Hall–Kier alpha value is -2.86. The highest BCUT2D eigenvalue weighted by Crippen LogP contribution is 2.34. The van der Waals surface area contributed by atoms with Gasteiger partial charge in [-0.2, -0.15) is 0 Å². The number of hydrogen-bond acceptors (Lipinski definition) is 3. The smallest absolute Gasteiger partial charge is 0.317 e. The first-order valence-electron chi connectivity index (χ1n) is 9.64. The van der Waals surface area contributed by atoms with Crippen LogP contribution in [0.15, 0.2) is 54.6 Å². The Morgan fingerprint density at radius 2 is 1.72 bits per heavy atom. The van der Waals surface area contributed by atoms with Crippen LogP contribution in [0.25, 0.3) is 0 Å². The number of nitrogens with zero attached hydrogens (tertiary/aromatic N) is 2. The summed E-state index contributed by atoms with van der Waals surface area (Å²) in [6.07, 6.45) is 0. The van der Waals surface area contributed by atoms with Crippen molar-refractivity contribution in [2.24, 2.45) is 11.8 Å². The molecular formula is C22H22ClN3O3. The number of amides is 4. The van der Waals surface area contributed by atoms with Crippen LogP contribution in [0.2, 0.25) is 5.02 Å². The molecule has 2 aliphatic heterocycles. The highest BCUT2D eigenvalue weighted by atomic mass is 35.5. The van der Waals surface area contributed by atoms with Crippen molar-refractivity contribution in [2.75, 3.05) is 13.1 Å². The van der Waals surface area contributed by atoms with E-state index in [0.717, 1.165) is 11.1 Å². The van der Waals surface area contributed by atoms with Gasteiger partial charge in [-0.15, -0.1) is 0 Å². The van der Waals surface area contributed by atoms with Crippen LogP contribution in [-0.4, -0.2) is 40.7 Å². The quantitative estimate of drug-likeness (QED) is 0.785. The van der Waals surface area contributed by atoms with Crippen molar-refractivity contribution in [3.8, 4) is 0 Å². The third-order valence-electron chi connectivity index (χ3n) is 5.65. The average molecular weight is 412 g/mol. The Morgan fingerprint density at radius 1 is 1.07 bits per heavy atom. The zero-order valence-electron chi connectivity index (χ0n) is 16.0. The molecule has 150 valence electrons. The van der Waals surface area contributed by atoms with E-state index in [4.69, 9.17) is 11.6 Å². The number of carbonyl (C=O) groups is 3. The maximum Gasteiger partial charge on any atom is 0.317 e. The first-order chi connectivity index (χ1) is 13.9. The molecule has 4 rings (SSSR count). The fourth-order valence-corrected chi connectivity index (χ4v) is 4.24. The molecule has 1 N–H and O–H groups in total. The predicted molar refractivity (Wildman–Crippen MR) is 109 cm³/mol. The minimum absolute atomic E-state index is 0.193. The molecule has 2 aromatic rings. The van der Waals surface area contributed by atoms with Crippen LogP contribution < -0.4 is 5.32 Å². The number of benzene rings is 2. The summed E-state index contributed by atoms with van der Waals surface area (Å²) in [5.41, 5.74) is 1.81. The number of urea groups is 1. The van der Waals surface area contributed by atoms with E-state index in [1.807, 2.05) is 49.4 Å². The van der Waals surface area contributed by atoms with E-state index in [2.05, 4.69) is 5.32 Å². The third-order valence-corrected chi connectivity index (χ3v) is 5.88. The first-order valence-corrected chi connectivity index (χ1v) is 10.0. The van der Waals surface area contributed by atoms with E-state index in [-0.39, 0.29) is 43.5 Å². The molecule has 0 spiro atoms. The summed E-state index contributed by atoms with van der Waals surface area (Å²) in [5.74, 6) is -1.30. The Kier molecular flexibility index (Phi) is 5.28. The van der Waals surface area contributed by atoms with Gasteiger partial charge in [-0.25, -0.2) is 4.79 Å². The highest BCUT2D eigenvalue weighted by Gasteiger charge is 2.53. The number of imide groups is 1. The van der Waals surface area contributed by atoms with Crippen LogP contribution in [0, 0.1) is 11.8 Å². The molecule has 2 heterocycles. The van der Waals surface area contributed by atoms with Gasteiger partial charge in [0.1, 0.15) is 0 Å². The minimum atomic E-state index is -0.460. The molecule has 2 saturated heterocycles. The maximum atomic E-state index is 12.8. The fourth-order valence-electron chi connectivity index (χ4n) is 4.04. The van der Waals surface area contributed by atoms with Crippen LogP contribution >= 0.6 is 11.6 Å². The summed E-state index contributed by atoms with van der Waals surface area (Å²) in [5, 5.41) is 3.53. The van der Waals surface area contributed by atoms with Crippen LogP contribution in [-0.2, 0) is 16.1 Å². The molecule has 0 bridgehead atoms. The average Bonchev–Trinajstić information content (AvgIpc) is 3.25. The normalized spacial score (nSPS) is 22.0.